The SMILES string of the molecule is C=CCn1c(SCC(=O)Nc2cccc(C)c2)nnc1[C@H](NC(=O)c1cccc(C)c1)C(C)C. The molecular formula is C26H31N5O2S. The van der Waals surface area contributed by atoms with Gasteiger partial charge in [-0.3, -0.25) is 9.59 Å². The zero-order chi connectivity index (χ0) is 24.7. The highest BCUT2D eigenvalue weighted by atomic mass is 32.2. The second-order valence-electron chi connectivity index (χ2n) is 8.51. The maximum absolute atomic E-state index is 12.9. The number of thioether (sulfide) groups is 1. The van der Waals surface area contributed by atoms with E-state index in [-0.39, 0.29) is 29.5 Å². The highest BCUT2D eigenvalue weighted by Gasteiger charge is 2.26. The predicted molar refractivity (Wildman–Crippen MR) is 137 cm³/mol. The van der Waals surface area contributed by atoms with Gasteiger partial charge >= 0.3 is 0 Å². The number of hydrogen-bond donors (Lipinski definition) is 2. The molecule has 8 heteroatoms. The molecule has 1 heterocycles. The molecule has 2 aromatic carbocycles. The summed E-state index contributed by atoms with van der Waals surface area (Å²) >= 11 is 1.30. The fourth-order valence-electron chi connectivity index (χ4n) is 3.53. The first-order valence-electron chi connectivity index (χ1n) is 11.2. The Morgan fingerprint density at radius 2 is 1.79 bits per heavy atom. The van der Waals surface area contributed by atoms with Crippen LogP contribution in [0.5, 0.6) is 0 Å². The summed E-state index contributed by atoms with van der Waals surface area (Å²) in [5, 5.41) is 15.3. The van der Waals surface area contributed by atoms with Gasteiger partial charge in [-0.1, -0.05) is 61.5 Å². The molecule has 0 saturated carbocycles. The van der Waals surface area contributed by atoms with Gasteiger partial charge in [-0.15, -0.1) is 16.8 Å². The van der Waals surface area contributed by atoms with Gasteiger partial charge in [-0.25, -0.2) is 0 Å². The highest BCUT2D eigenvalue weighted by molar-refractivity contribution is 7.99. The molecule has 0 radical (unpaired) electrons. The third kappa shape index (κ3) is 6.57. The van der Waals surface area contributed by atoms with Gasteiger partial charge in [0.05, 0.1) is 11.8 Å². The van der Waals surface area contributed by atoms with E-state index in [2.05, 4.69) is 27.4 Å². The first-order valence-corrected chi connectivity index (χ1v) is 12.2. The quantitative estimate of drug-likeness (QED) is 0.319. The van der Waals surface area contributed by atoms with Crippen molar-refractivity contribution in [1.82, 2.24) is 20.1 Å². The molecule has 0 aliphatic carbocycles. The van der Waals surface area contributed by atoms with Crippen LogP contribution in [0.2, 0.25) is 0 Å². The molecule has 0 bridgehead atoms. The molecule has 2 amide bonds. The van der Waals surface area contributed by atoms with E-state index in [0.717, 1.165) is 16.8 Å². The Labute approximate surface area is 205 Å². The van der Waals surface area contributed by atoms with E-state index in [4.69, 9.17) is 0 Å². The van der Waals surface area contributed by atoms with Crippen LogP contribution in [-0.2, 0) is 11.3 Å². The van der Waals surface area contributed by atoms with E-state index in [0.29, 0.717) is 23.1 Å². The van der Waals surface area contributed by atoms with Gasteiger partial charge in [-0.2, -0.15) is 0 Å². The summed E-state index contributed by atoms with van der Waals surface area (Å²) in [4.78, 5) is 25.4. The topological polar surface area (TPSA) is 88.9 Å². The van der Waals surface area contributed by atoms with Crippen LogP contribution in [0.25, 0.3) is 0 Å². The maximum atomic E-state index is 12.9. The molecule has 178 valence electrons. The second-order valence-corrected chi connectivity index (χ2v) is 9.45. The van der Waals surface area contributed by atoms with Gasteiger partial charge < -0.3 is 15.2 Å². The van der Waals surface area contributed by atoms with Crippen molar-refractivity contribution in [3.63, 3.8) is 0 Å². The summed E-state index contributed by atoms with van der Waals surface area (Å²) in [6.45, 7) is 12.3. The van der Waals surface area contributed by atoms with E-state index >= 15 is 0 Å². The van der Waals surface area contributed by atoms with Crippen molar-refractivity contribution in [2.45, 2.75) is 45.4 Å². The number of carbonyl (C=O) groups excluding carboxylic acids is 2. The summed E-state index contributed by atoms with van der Waals surface area (Å²) in [5.41, 5.74) is 3.46. The van der Waals surface area contributed by atoms with E-state index in [1.165, 1.54) is 11.8 Å². The van der Waals surface area contributed by atoms with Gasteiger partial charge in [-0.05, 0) is 49.6 Å². The normalized spacial score (nSPS) is 11.8. The molecule has 0 spiro atoms. The number of hydrogen-bond acceptors (Lipinski definition) is 5. The predicted octanol–water partition coefficient (Wildman–Crippen LogP) is 4.94. The first-order chi connectivity index (χ1) is 16.3. The van der Waals surface area contributed by atoms with Crippen LogP contribution in [0, 0.1) is 19.8 Å². The van der Waals surface area contributed by atoms with Crippen molar-refractivity contribution in [3.8, 4) is 0 Å². The summed E-state index contributed by atoms with van der Waals surface area (Å²) in [6.07, 6.45) is 1.75. The summed E-state index contributed by atoms with van der Waals surface area (Å²) in [5.74, 6) is 0.604. The molecule has 7 nitrogen and oxygen atoms in total. The van der Waals surface area contributed by atoms with Crippen molar-refractivity contribution < 1.29 is 9.59 Å². The van der Waals surface area contributed by atoms with Crippen molar-refractivity contribution >= 4 is 29.3 Å². The minimum absolute atomic E-state index is 0.0731. The molecule has 0 aliphatic heterocycles. The lowest BCUT2D eigenvalue weighted by molar-refractivity contribution is -0.113. The Morgan fingerprint density at radius 1 is 1.09 bits per heavy atom. The van der Waals surface area contributed by atoms with Gasteiger partial charge in [0.2, 0.25) is 5.91 Å². The standard InChI is InChI=1S/C26H31N5O2S/c1-6-13-31-24(23(17(2)3)28-25(33)20-11-7-9-18(4)14-20)29-30-26(31)34-16-22(32)27-21-12-8-10-19(5)15-21/h6-12,14-15,17,23H,1,13,16H2,2-5H3,(H,27,32)(H,28,33)/t23-/m1/s1. The number of aromatic nitrogens is 3. The van der Waals surface area contributed by atoms with E-state index in [9.17, 15) is 9.59 Å². The number of carbonyl (C=O) groups is 2. The van der Waals surface area contributed by atoms with Crippen molar-refractivity contribution in [2.75, 3.05) is 11.1 Å². The number of rotatable bonds is 10. The average molecular weight is 478 g/mol. The molecule has 1 atom stereocenters. The zero-order valence-electron chi connectivity index (χ0n) is 20.0. The zero-order valence-corrected chi connectivity index (χ0v) is 20.9. The molecule has 0 fully saturated rings. The lowest BCUT2D eigenvalue weighted by Gasteiger charge is -2.22. The van der Waals surface area contributed by atoms with Gasteiger partial charge in [0.1, 0.15) is 0 Å². The number of nitrogens with zero attached hydrogens (tertiary/aromatic N) is 3. The molecule has 3 aromatic rings. The molecule has 34 heavy (non-hydrogen) atoms. The number of benzene rings is 2. The van der Waals surface area contributed by atoms with E-state index < -0.39 is 0 Å². The van der Waals surface area contributed by atoms with Crippen LogP contribution >= 0.6 is 11.8 Å². The van der Waals surface area contributed by atoms with Crippen LogP contribution in [0.4, 0.5) is 5.69 Å². The minimum Gasteiger partial charge on any atom is -0.342 e. The lowest BCUT2D eigenvalue weighted by Crippen LogP contribution is -2.34. The molecule has 2 N–H and O–H groups in total. The Bertz CT molecular complexity index is 1170. The maximum Gasteiger partial charge on any atom is 0.251 e. The lowest BCUT2D eigenvalue weighted by atomic mass is 10.0. The van der Waals surface area contributed by atoms with Crippen LogP contribution in [0.3, 0.4) is 0 Å². The summed E-state index contributed by atoms with van der Waals surface area (Å²) in [7, 11) is 0. The Morgan fingerprint density at radius 3 is 2.44 bits per heavy atom. The average Bonchev–Trinajstić information content (AvgIpc) is 3.18. The fraction of sp³-hybridized carbons (Fsp3) is 0.308. The van der Waals surface area contributed by atoms with Crippen LogP contribution in [0.15, 0.2) is 66.3 Å². The molecular weight excluding hydrogens is 446 g/mol. The third-order valence-corrected chi connectivity index (χ3v) is 6.17. The second kappa shape index (κ2) is 11.7. The molecule has 0 saturated heterocycles. The number of amides is 2. The fourth-order valence-corrected chi connectivity index (χ4v) is 4.28. The van der Waals surface area contributed by atoms with Crippen LogP contribution < -0.4 is 10.6 Å². The molecule has 3 rings (SSSR count). The van der Waals surface area contributed by atoms with E-state index in [1.807, 2.05) is 74.7 Å². The van der Waals surface area contributed by atoms with Gasteiger partial charge in [0, 0.05) is 17.8 Å². The van der Waals surface area contributed by atoms with Gasteiger partial charge in [0.25, 0.3) is 5.91 Å². The van der Waals surface area contributed by atoms with Crippen molar-refractivity contribution in [2.24, 2.45) is 5.92 Å². The number of nitrogens with one attached hydrogen (secondary N) is 2. The Kier molecular flexibility index (Phi) is 8.65. The Hall–Kier alpha value is -3.39. The number of aryl methyl sites for hydroxylation is 2. The molecule has 1 aromatic heterocycles. The number of allylic oxidation sites excluding steroid dienone is 1. The number of anilines is 1. The molecule has 0 aliphatic rings. The van der Waals surface area contributed by atoms with Crippen molar-refractivity contribution in [3.05, 3.63) is 83.7 Å². The monoisotopic (exact) mass is 477 g/mol. The minimum atomic E-state index is -0.351. The van der Waals surface area contributed by atoms with Crippen LogP contribution in [-0.4, -0.2) is 32.3 Å². The molecule has 0 unspecified atom stereocenters. The van der Waals surface area contributed by atoms with Crippen LogP contribution in [0.1, 0.15) is 47.2 Å². The third-order valence-electron chi connectivity index (χ3n) is 5.20. The van der Waals surface area contributed by atoms with Crippen molar-refractivity contribution in [1.29, 1.82) is 0 Å². The van der Waals surface area contributed by atoms with E-state index in [1.54, 1.807) is 12.1 Å². The van der Waals surface area contributed by atoms with Gasteiger partial charge in [0.15, 0.2) is 11.0 Å². The summed E-state index contributed by atoms with van der Waals surface area (Å²) in [6, 6.07) is 14.8. The smallest absolute Gasteiger partial charge is 0.251 e. The largest absolute Gasteiger partial charge is 0.342 e. The summed E-state index contributed by atoms with van der Waals surface area (Å²) < 4.78 is 1.90. The Balaban J connectivity index is 1.75. The highest BCUT2D eigenvalue weighted by Crippen LogP contribution is 2.26. The first kappa shape index (κ1) is 25.2.